The van der Waals surface area contributed by atoms with Gasteiger partial charge in [0, 0.05) is 35.6 Å². The molecule has 1 amide bonds. The summed E-state index contributed by atoms with van der Waals surface area (Å²) < 4.78 is 7.25. The first kappa shape index (κ1) is 22.3. The van der Waals surface area contributed by atoms with E-state index < -0.39 is 0 Å². The van der Waals surface area contributed by atoms with Crippen molar-refractivity contribution in [2.24, 2.45) is 0 Å². The standard InChI is InChI=1S/C29H26N4O2/c1-19-14-20(2)33(32-19)24-8-4-7-22(15-24)29(34)31-17-23-10-11-26(27-12-13-30-18-28(23)27)21-6-5-9-25(16-21)35-3/h4-16,18H,17H2,1-3H3,(H,31,34). The molecule has 0 aliphatic carbocycles. The van der Waals surface area contributed by atoms with Gasteiger partial charge in [-0.1, -0.05) is 30.3 Å². The molecule has 1 N–H and O–H groups in total. The second-order valence-corrected chi connectivity index (χ2v) is 8.50. The van der Waals surface area contributed by atoms with Gasteiger partial charge in [-0.25, -0.2) is 4.68 Å². The largest absolute Gasteiger partial charge is 0.497 e. The van der Waals surface area contributed by atoms with Crippen molar-refractivity contribution in [1.29, 1.82) is 0 Å². The van der Waals surface area contributed by atoms with Crippen LogP contribution >= 0.6 is 0 Å². The van der Waals surface area contributed by atoms with E-state index in [1.807, 2.05) is 85.4 Å². The van der Waals surface area contributed by atoms with Crippen molar-refractivity contribution in [2.45, 2.75) is 20.4 Å². The second kappa shape index (κ2) is 9.43. The molecule has 0 radical (unpaired) electrons. The Morgan fingerprint density at radius 3 is 2.63 bits per heavy atom. The lowest BCUT2D eigenvalue weighted by atomic mass is 9.96. The molecule has 5 aromatic rings. The molecule has 0 saturated heterocycles. The number of hydrogen-bond acceptors (Lipinski definition) is 4. The molecule has 0 bridgehead atoms. The summed E-state index contributed by atoms with van der Waals surface area (Å²) in [6.07, 6.45) is 3.64. The number of hydrogen-bond donors (Lipinski definition) is 1. The van der Waals surface area contributed by atoms with Gasteiger partial charge >= 0.3 is 0 Å². The number of carbonyl (C=O) groups is 1. The predicted molar refractivity (Wildman–Crippen MR) is 138 cm³/mol. The molecular formula is C29H26N4O2. The van der Waals surface area contributed by atoms with Gasteiger partial charge in [0.2, 0.25) is 0 Å². The lowest BCUT2D eigenvalue weighted by Crippen LogP contribution is -2.23. The van der Waals surface area contributed by atoms with Gasteiger partial charge < -0.3 is 10.1 Å². The van der Waals surface area contributed by atoms with Crippen LogP contribution in [0.5, 0.6) is 5.75 Å². The first-order valence-electron chi connectivity index (χ1n) is 11.5. The van der Waals surface area contributed by atoms with E-state index in [0.29, 0.717) is 12.1 Å². The maximum atomic E-state index is 13.0. The third-order valence-electron chi connectivity index (χ3n) is 6.09. The van der Waals surface area contributed by atoms with E-state index in [9.17, 15) is 4.79 Å². The molecule has 0 aliphatic heterocycles. The van der Waals surface area contributed by atoms with Crippen molar-refractivity contribution in [3.8, 4) is 22.6 Å². The zero-order chi connectivity index (χ0) is 24.4. The fourth-order valence-electron chi connectivity index (χ4n) is 4.39. The van der Waals surface area contributed by atoms with Crippen LogP contribution in [0.2, 0.25) is 0 Å². The number of methoxy groups -OCH3 is 1. The number of carbonyl (C=O) groups excluding carboxylic acids is 1. The lowest BCUT2D eigenvalue weighted by Gasteiger charge is -2.13. The molecule has 2 aromatic heterocycles. The molecule has 6 heteroatoms. The molecular weight excluding hydrogens is 436 g/mol. The van der Waals surface area contributed by atoms with Crippen LogP contribution in [0.3, 0.4) is 0 Å². The highest BCUT2D eigenvalue weighted by Crippen LogP contribution is 2.32. The number of aromatic nitrogens is 3. The van der Waals surface area contributed by atoms with Crippen LogP contribution in [-0.2, 0) is 6.54 Å². The summed E-state index contributed by atoms with van der Waals surface area (Å²) in [6.45, 7) is 4.35. The van der Waals surface area contributed by atoms with Crippen molar-refractivity contribution in [3.05, 3.63) is 108 Å². The Bertz CT molecular complexity index is 1540. The molecule has 3 aromatic carbocycles. The Balaban J connectivity index is 1.41. The van der Waals surface area contributed by atoms with Gasteiger partial charge in [0.1, 0.15) is 5.75 Å². The van der Waals surface area contributed by atoms with Crippen molar-refractivity contribution >= 4 is 16.7 Å². The van der Waals surface area contributed by atoms with Gasteiger partial charge in [0.15, 0.2) is 0 Å². The van der Waals surface area contributed by atoms with Gasteiger partial charge in [0.25, 0.3) is 5.91 Å². The minimum atomic E-state index is -0.137. The number of rotatable bonds is 6. The highest BCUT2D eigenvalue weighted by Gasteiger charge is 2.12. The zero-order valence-electron chi connectivity index (χ0n) is 19.9. The Morgan fingerprint density at radius 2 is 1.83 bits per heavy atom. The van der Waals surface area contributed by atoms with E-state index in [0.717, 1.165) is 50.3 Å². The SMILES string of the molecule is COc1cccc(-c2ccc(CNC(=O)c3cccc(-n4nc(C)cc4C)c3)c3cnccc23)c1. The van der Waals surface area contributed by atoms with Crippen molar-refractivity contribution in [2.75, 3.05) is 7.11 Å². The van der Waals surface area contributed by atoms with Gasteiger partial charge in [-0.2, -0.15) is 5.10 Å². The van der Waals surface area contributed by atoms with E-state index in [1.54, 1.807) is 13.3 Å². The second-order valence-electron chi connectivity index (χ2n) is 8.50. The first-order valence-corrected chi connectivity index (χ1v) is 11.5. The fraction of sp³-hybridized carbons (Fsp3) is 0.138. The molecule has 0 spiro atoms. The van der Waals surface area contributed by atoms with Crippen LogP contribution in [-0.4, -0.2) is 27.8 Å². The minimum absolute atomic E-state index is 0.137. The first-order chi connectivity index (χ1) is 17.0. The summed E-state index contributed by atoms with van der Waals surface area (Å²) >= 11 is 0. The van der Waals surface area contributed by atoms with Crippen molar-refractivity contribution in [1.82, 2.24) is 20.1 Å². The van der Waals surface area contributed by atoms with Crippen LogP contribution < -0.4 is 10.1 Å². The summed E-state index contributed by atoms with van der Waals surface area (Å²) in [6, 6.07) is 23.7. The summed E-state index contributed by atoms with van der Waals surface area (Å²) in [7, 11) is 1.67. The molecule has 0 aliphatic rings. The fourth-order valence-corrected chi connectivity index (χ4v) is 4.39. The molecule has 0 fully saturated rings. The van der Waals surface area contributed by atoms with Gasteiger partial charge in [-0.05, 0) is 78.4 Å². The maximum Gasteiger partial charge on any atom is 0.251 e. The number of fused-ring (bicyclic) bond motifs is 1. The normalized spacial score (nSPS) is 10.9. The van der Waals surface area contributed by atoms with Crippen LogP contribution in [0.4, 0.5) is 0 Å². The van der Waals surface area contributed by atoms with Crippen LogP contribution in [0.1, 0.15) is 27.3 Å². The Hall–Kier alpha value is -4.45. The number of amides is 1. The van der Waals surface area contributed by atoms with Gasteiger partial charge in [0.05, 0.1) is 18.5 Å². The molecule has 6 nitrogen and oxygen atoms in total. The average molecular weight is 463 g/mol. The van der Waals surface area contributed by atoms with E-state index in [2.05, 4.69) is 27.5 Å². The van der Waals surface area contributed by atoms with Crippen LogP contribution in [0.25, 0.3) is 27.6 Å². The minimum Gasteiger partial charge on any atom is -0.497 e. The third-order valence-corrected chi connectivity index (χ3v) is 6.09. The summed E-state index contributed by atoms with van der Waals surface area (Å²) in [5.74, 6) is 0.672. The monoisotopic (exact) mass is 462 g/mol. The molecule has 5 rings (SSSR count). The zero-order valence-corrected chi connectivity index (χ0v) is 19.9. The van der Waals surface area contributed by atoms with Crippen molar-refractivity contribution < 1.29 is 9.53 Å². The number of ether oxygens (including phenoxy) is 1. The van der Waals surface area contributed by atoms with Crippen LogP contribution in [0.15, 0.2) is 85.2 Å². The molecule has 35 heavy (non-hydrogen) atoms. The number of aryl methyl sites for hydroxylation is 2. The number of pyridine rings is 1. The van der Waals surface area contributed by atoms with E-state index in [-0.39, 0.29) is 5.91 Å². The smallest absolute Gasteiger partial charge is 0.251 e. The lowest BCUT2D eigenvalue weighted by molar-refractivity contribution is 0.0951. The topological polar surface area (TPSA) is 69.0 Å². The average Bonchev–Trinajstić information content (AvgIpc) is 3.24. The van der Waals surface area contributed by atoms with Gasteiger partial charge in [-0.15, -0.1) is 0 Å². The molecule has 0 atom stereocenters. The number of nitrogens with zero attached hydrogens (tertiary/aromatic N) is 3. The summed E-state index contributed by atoms with van der Waals surface area (Å²) in [4.78, 5) is 17.4. The Morgan fingerprint density at radius 1 is 0.971 bits per heavy atom. The number of benzene rings is 3. The maximum absolute atomic E-state index is 13.0. The Labute approximate surface area is 204 Å². The molecule has 174 valence electrons. The quantitative estimate of drug-likeness (QED) is 0.354. The van der Waals surface area contributed by atoms with E-state index in [4.69, 9.17) is 4.74 Å². The predicted octanol–water partition coefficient (Wildman–Crippen LogP) is 5.64. The highest BCUT2D eigenvalue weighted by atomic mass is 16.5. The Kier molecular flexibility index (Phi) is 6.02. The molecule has 0 unspecified atom stereocenters. The summed E-state index contributed by atoms with van der Waals surface area (Å²) in [5, 5.41) is 9.67. The van der Waals surface area contributed by atoms with Crippen molar-refractivity contribution in [3.63, 3.8) is 0 Å². The third kappa shape index (κ3) is 4.51. The van der Waals surface area contributed by atoms with Gasteiger partial charge in [-0.3, -0.25) is 9.78 Å². The van der Waals surface area contributed by atoms with E-state index in [1.165, 1.54) is 0 Å². The number of nitrogens with one attached hydrogen (secondary N) is 1. The summed E-state index contributed by atoms with van der Waals surface area (Å²) in [5.41, 5.74) is 6.57. The van der Waals surface area contributed by atoms with E-state index >= 15 is 0 Å². The van der Waals surface area contributed by atoms with Crippen LogP contribution in [0, 0.1) is 13.8 Å². The molecule has 2 heterocycles. The molecule has 0 saturated carbocycles. The highest BCUT2D eigenvalue weighted by molar-refractivity contribution is 5.99.